The van der Waals surface area contributed by atoms with Crippen LogP contribution in [0.2, 0.25) is 0 Å². The normalized spacial score (nSPS) is 11.7. The van der Waals surface area contributed by atoms with Gasteiger partial charge in [-0.1, -0.05) is 218 Å². The molecule has 0 atom stereocenters. The molecule has 3 aromatic heterocycles. The molecule has 0 saturated carbocycles. The zero-order chi connectivity index (χ0) is 46.8. The Bertz CT molecular complexity index is 4320. The average molecular weight is 904 g/mol. The highest BCUT2D eigenvalue weighted by molar-refractivity contribution is 6.26. The van der Waals surface area contributed by atoms with Crippen molar-refractivity contribution in [2.45, 2.75) is 0 Å². The van der Waals surface area contributed by atoms with Gasteiger partial charge in [-0.3, -0.25) is 0 Å². The van der Waals surface area contributed by atoms with Crippen molar-refractivity contribution in [3.05, 3.63) is 249 Å². The molecule has 11 aromatic carbocycles. The first-order valence-electron chi connectivity index (χ1n) is 24.0. The van der Waals surface area contributed by atoms with E-state index in [1.54, 1.807) is 0 Å². The first kappa shape index (κ1) is 40.5. The summed E-state index contributed by atoms with van der Waals surface area (Å²) in [5.74, 6) is 1.87. The Balaban J connectivity index is 0.807. The summed E-state index contributed by atoms with van der Waals surface area (Å²) in [6.07, 6.45) is 0. The van der Waals surface area contributed by atoms with Crippen LogP contribution < -0.4 is 0 Å². The number of fused-ring (bicyclic) bond motifs is 11. The van der Waals surface area contributed by atoms with E-state index < -0.39 is 0 Å². The maximum Gasteiger partial charge on any atom is 0.164 e. The van der Waals surface area contributed by atoms with E-state index in [2.05, 4.69) is 223 Å². The third-order valence-electron chi connectivity index (χ3n) is 14.0. The Labute approximate surface area is 409 Å². The zero-order valence-corrected chi connectivity index (χ0v) is 38.4. The highest BCUT2D eigenvalue weighted by Gasteiger charge is 2.21. The van der Waals surface area contributed by atoms with Crippen LogP contribution in [0.5, 0.6) is 0 Å². The quantitative estimate of drug-likeness (QED) is 0.150. The van der Waals surface area contributed by atoms with Gasteiger partial charge in [-0.25, -0.2) is 19.9 Å². The molecular weight excluding hydrogens is 863 g/mol. The van der Waals surface area contributed by atoms with Crippen molar-refractivity contribution >= 4 is 65.0 Å². The predicted molar refractivity (Wildman–Crippen MR) is 295 cm³/mol. The van der Waals surface area contributed by atoms with E-state index in [4.69, 9.17) is 19.9 Å². The minimum atomic E-state index is 0.619. The summed E-state index contributed by atoms with van der Waals surface area (Å²) in [6, 6.07) is 88.1. The SMILES string of the molecule is c1ccc(-c2nc(-c3ccc(-c4ccc(-c5nc6ccccc6c6c7ccccc7n(-c7ccccc7)c56)cc4)cc3)nc(-c3ccc(-c4ccc5c6ccccc6c6ccccc6c5c4)cc3)n2)cc1. The molecule has 0 radical (unpaired) electrons. The predicted octanol–water partition coefficient (Wildman–Crippen LogP) is 17.0. The third-order valence-corrected chi connectivity index (χ3v) is 14.0. The van der Waals surface area contributed by atoms with E-state index >= 15 is 0 Å². The zero-order valence-electron chi connectivity index (χ0n) is 38.4. The molecule has 0 N–H and O–H groups in total. The molecule has 0 unspecified atom stereocenters. The van der Waals surface area contributed by atoms with Gasteiger partial charge < -0.3 is 4.57 Å². The van der Waals surface area contributed by atoms with Gasteiger partial charge in [0.1, 0.15) is 0 Å². The van der Waals surface area contributed by atoms with Crippen molar-refractivity contribution in [2.75, 3.05) is 0 Å². The van der Waals surface area contributed by atoms with Crippen molar-refractivity contribution in [3.63, 3.8) is 0 Å². The van der Waals surface area contributed by atoms with Gasteiger partial charge in [0.15, 0.2) is 17.5 Å². The van der Waals surface area contributed by atoms with E-state index in [0.29, 0.717) is 17.5 Å². The van der Waals surface area contributed by atoms with E-state index in [9.17, 15) is 0 Å². The monoisotopic (exact) mass is 903 g/mol. The Morgan fingerprint density at radius 2 is 0.648 bits per heavy atom. The number of hydrogen-bond donors (Lipinski definition) is 0. The van der Waals surface area contributed by atoms with Crippen molar-refractivity contribution in [3.8, 4) is 73.4 Å². The lowest BCUT2D eigenvalue weighted by atomic mass is 9.92. The summed E-state index contributed by atoms with van der Waals surface area (Å²) in [5, 5.41) is 11.2. The summed E-state index contributed by atoms with van der Waals surface area (Å²) >= 11 is 0. The van der Waals surface area contributed by atoms with Crippen LogP contribution in [-0.2, 0) is 0 Å². The maximum atomic E-state index is 5.37. The molecule has 5 nitrogen and oxygen atoms in total. The Kier molecular flexibility index (Phi) is 9.46. The molecule has 330 valence electrons. The molecule has 0 amide bonds. The van der Waals surface area contributed by atoms with Crippen LogP contribution in [0.1, 0.15) is 0 Å². The third kappa shape index (κ3) is 6.86. The summed E-state index contributed by atoms with van der Waals surface area (Å²) in [6.45, 7) is 0. The molecule has 14 aromatic rings. The van der Waals surface area contributed by atoms with Gasteiger partial charge in [0.05, 0.1) is 22.2 Å². The van der Waals surface area contributed by atoms with Gasteiger partial charge >= 0.3 is 0 Å². The van der Waals surface area contributed by atoms with Crippen LogP contribution in [0.15, 0.2) is 249 Å². The van der Waals surface area contributed by atoms with Crippen LogP contribution in [0.25, 0.3) is 138 Å². The van der Waals surface area contributed by atoms with Crippen molar-refractivity contribution in [2.24, 2.45) is 0 Å². The van der Waals surface area contributed by atoms with Crippen LogP contribution in [0.3, 0.4) is 0 Å². The van der Waals surface area contributed by atoms with Crippen LogP contribution in [0.4, 0.5) is 0 Å². The molecule has 0 aliphatic heterocycles. The second-order valence-corrected chi connectivity index (χ2v) is 18.1. The number of benzene rings is 11. The molecule has 0 saturated heterocycles. The van der Waals surface area contributed by atoms with Crippen molar-refractivity contribution in [1.82, 2.24) is 24.5 Å². The first-order valence-corrected chi connectivity index (χ1v) is 24.0. The highest BCUT2D eigenvalue weighted by atomic mass is 15.0. The van der Waals surface area contributed by atoms with E-state index in [1.807, 2.05) is 30.3 Å². The molecule has 14 rings (SSSR count). The minimum absolute atomic E-state index is 0.619. The second kappa shape index (κ2) is 16.6. The number of rotatable bonds is 7. The minimum Gasteiger partial charge on any atom is -0.307 e. The Morgan fingerprint density at radius 1 is 0.254 bits per heavy atom. The fourth-order valence-corrected chi connectivity index (χ4v) is 10.6. The molecule has 0 spiro atoms. The number of hydrogen-bond acceptors (Lipinski definition) is 4. The number of nitrogens with zero attached hydrogens (tertiary/aromatic N) is 5. The van der Waals surface area contributed by atoms with Gasteiger partial charge in [-0.15, -0.1) is 0 Å². The number of para-hydroxylation sites is 3. The molecule has 5 heteroatoms. The fourth-order valence-electron chi connectivity index (χ4n) is 10.6. The van der Waals surface area contributed by atoms with Gasteiger partial charge in [0, 0.05) is 44.1 Å². The molecule has 71 heavy (non-hydrogen) atoms. The molecule has 0 aliphatic rings. The lowest BCUT2D eigenvalue weighted by Crippen LogP contribution is -2.00. The van der Waals surface area contributed by atoms with E-state index in [0.717, 1.165) is 77.8 Å². The number of pyridine rings is 1. The largest absolute Gasteiger partial charge is 0.307 e. The maximum absolute atomic E-state index is 5.37. The van der Waals surface area contributed by atoms with Gasteiger partial charge in [0.25, 0.3) is 0 Å². The topological polar surface area (TPSA) is 56.5 Å². The van der Waals surface area contributed by atoms with Gasteiger partial charge in [-0.2, -0.15) is 0 Å². The summed E-state index contributed by atoms with van der Waals surface area (Å²) in [7, 11) is 0. The molecule has 0 bridgehead atoms. The standard InChI is InChI=1S/C66H41N5/c1-3-15-46(16-4-1)64-68-65(70-66(69-64)48-37-31-44(32-38-48)49-39-40-55-53-21-8-7-19-51(53)52-20-9-10-22-54(52)58(55)41-49)47-35-29-43(30-36-47)42-27-33-45(34-28-42)62-63-61(56-23-11-13-25-59(56)67-62)57-24-12-14-26-60(57)71(63)50-17-5-2-6-18-50/h1-41H. The lowest BCUT2D eigenvalue weighted by molar-refractivity contribution is 1.07. The summed E-state index contributed by atoms with van der Waals surface area (Å²) in [5.41, 5.74) is 13.6. The summed E-state index contributed by atoms with van der Waals surface area (Å²) < 4.78 is 2.37. The average Bonchev–Trinajstić information content (AvgIpc) is 3.81. The number of aromatic nitrogens is 5. The van der Waals surface area contributed by atoms with Crippen LogP contribution in [-0.4, -0.2) is 24.5 Å². The fraction of sp³-hybridized carbons (Fsp3) is 0. The van der Waals surface area contributed by atoms with Gasteiger partial charge in [0.2, 0.25) is 0 Å². The van der Waals surface area contributed by atoms with E-state index in [1.165, 1.54) is 43.1 Å². The van der Waals surface area contributed by atoms with Crippen LogP contribution >= 0.6 is 0 Å². The molecular formula is C66H41N5. The van der Waals surface area contributed by atoms with Crippen molar-refractivity contribution in [1.29, 1.82) is 0 Å². The second-order valence-electron chi connectivity index (χ2n) is 18.1. The summed E-state index contributed by atoms with van der Waals surface area (Å²) in [4.78, 5) is 20.6. The highest BCUT2D eigenvalue weighted by Crippen LogP contribution is 2.42. The van der Waals surface area contributed by atoms with Gasteiger partial charge in [-0.05, 0) is 84.9 Å². The van der Waals surface area contributed by atoms with Crippen LogP contribution in [0, 0.1) is 0 Å². The Morgan fingerprint density at radius 3 is 1.23 bits per heavy atom. The Hall–Kier alpha value is -9.58. The molecule has 3 heterocycles. The smallest absolute Gasteiger partial charge is 0.164 e. The van der Waals surface area contributed by atoms with Crippen molar-refractivity contribution < 1.29 is 0 Å². The first-order chi connectivity index (χ1) is 35.2. The molecule has 0 aliphatic carbocycles. The lowest BCUT2D eigenvalue weighted by Gasteiger charge is -2.13. The molecule has 0 fully saturated rings. The van der Waals surface area contributed by atoms with E-state index in [-0.39, 0.29) is 0 Å².